The Hall–Kier alpha value is -2.11. The second-order valence-corrected chi connectivity index (χ2v) is 6.08. The van der Waals surface area contributed by atoms with Gasteiger partial charge >= 0.3 is 5.92 Å². The van der Waals surface area contributed by atoms with Gasteiger partial charge in [-0.2, -0.15) is 0 Å². The Morgan fingerprint density at radius 1 is 1.12 bits per heavy atom. The molecule has 0 spiro atoms. The van der Waals surface area contributed by atoms with E-state index in [1.54, 1.807) is 31.2 Å². The zero-order valence-electron chi connectivity index (χ0n) is 14.0. The molecule has 0 aromatic heterocycles. The number of hydrogen-bond acceptors (Lipinski definition) is 2. The van der Waals surface area contributed by atoms with Gasteiger partial charge < -0.3 is 9.84 Å². The van der Waals surface area contributed by atoms with Gasteiger partial charge in [-0.3, -0.25) is 0 Å². The van der Waals surface area contributed by atoms with Crippen LogP contribution in [-0.4, -0.2) is 17.1 Å². The normalized spacial score (nSPS) is 14.1. The molecule has 0 aliphatic rings. The summed E-state index contributed by atoms with van der Waals surface area (Å²) in [6.07, 6.45) is -3.90. The minimum absolute atomic E-state index is 0.0573. The smallest absolute Gasteiger partial charge is 0.303 e. The fraction of sp³-hybridized carbons (Fsp3) is 0.300. The first-order valence-electron chi connectivity index (χ1n) is 7.92. The minimum Gasteiger partial charge on any atom is -0.386 e. The van der Waals surface area contributed by atoms with Crippen LogP contribution in [0.2, 0.25) is 0 Å². The van der Waals surface area contributed by atoms with E-state index in [1.165, 1.54) is 12.1 Å². The van der Waals surface area contributed by atoms with Crippen LogP contribution in [0.1, 0.15) is 30.6 Å². The van der Waals surface area contributed by atoms with Gasteiger partial charge in [0.15, 0.2) is 0 Å². The molecule has 5 heteroatoms. The lowest BCUT2D eigenvalue weighted by Gasteiger charge is -2.31. The number of halogens is 3. The van der Waals surface area contributed by atoms with Crippen LogP contribution < -0.4 is 0 Å². The zero-order valence-corrected chi connectivity index (χ0v) is 14.0. The predicted molar refractivity (Wildman–Crippen MR) is 90.8 cm³/mol. The predicted octanol–water partition coefficient (Wildman–Crippen LogP) is 5.05. The van der Waals surface area contributed by atoms with Gasteiger partial charge in [0.05, 0.1) is 6.61 Å². The Kier molecular flexibility index (Phi) is 6.39. The van der Waals surface area contributed by atoms with E-state index in [1.807, 2.05) is 6.07 Å². The Bertz CT molecular complexity index is 684. The summed E-state index contributed by atoms with van der Waals surface area (Å²) < 4.78 is 48.2. The van der Waals surface area contributed by atoms with E-state index in [9.17, 15) is 18.3 Å². The van der Waals surface area contributed by atoms with E-state index >= 15 is 0 Å². The van der Waals surface area contributed by atoms with Gasteiger partial charge in [0.2, 0.25) is 0 Å². The van der Waals surface area contributed by atoms with Crippen molar-refractivity contribution >= 4 is 0 Å². The van der Waals surface area contributed by atoms with Crippen molar-refractivity contribution < 1.29 is 23.0 Å². The van der Waals surface area contributed by atoms with Crippen LogP contribution in [0.3, 0.4) is 0 Å². The summed E-state index contributed by atoms with van der Waals surface area (Å²) in [4.78, 5) is 0. The molecule has 0 radical (unpaired) electrons. The summed E-state index contributed by atoms with van der Waals surface area (Å²) in [6.45, 7) is 5.07. The summed E-state index contributed by atoms with van der Waals surface area (Å²) in [5, 5.41) is 9.97. The molecule has 0 amide bonds. The average Bonchev–Trinajstić information content (AvgIpc) is 2.57. The molecule has 0 heterocycles. The van der Waals surface area contributed by atoms with Crippen LogP contribution in [0.5, 0.6) is 0 Å². The molecule has 2 nitrogen and oxygen atoms in total. The Labute approximate surface area is 145 Å². The second kappa shape index (κ2) is 8.32. The van der Waals surface area contributed by atoms with Gasteiger partial charge in [0, 0.05) is 0 Å². The highest BCUT2D eigenvalue weighted by Crippen LogP contribution is 2.39. The van der Waals surface area contributed by atoms with E-state index in [2.05, 4.69) is 6.58 Å². The fourth-order valence-corrected chi connectivity index (χ4v) is 2.46. The van der Waals surface area contributed by atoms with Crippen molar-refractivity contribution in [1.29, 1.82) is 0 Å². The van der Waals surface area contributed by atoms with Crippen LogP contribution in [-0.2, 0) is 11.3 Å². The lowest BCUT2D eigenvalue weighted by molar-refractivity contribution is -0.200. The molecular weight excluding hydrogens is 329 g/mol. The van der Waals surface area contributed by atoms with Crippen molar-refractivity contribution in [2.75, 3.05) is 0 Å². The molecule has 2 aromatic carbocycles. The summed E-state index contributed by atoms with van der Waals surface area (Å²) in [7, 11) is 0. The molecule has 0 bridgehead atoms. The Morgan fingerprint density at radius 3 is 2.28 bits per heavy atom. The van der Waals surface area contributed by atoms with Crippen molar-refractivity contribution in [3.63, 3.8) is 0 Å². The van der Waals surface area contributed by atoms with Crippen LogP contribution in [0, 0.1) is 5.82 Å². The van der Waals surface area contributed by atoms with E-state index < -0.39 is 23.9 Å². The van der Waals surface area contributed by atoms with Crippen molar-refractivity contribution in [2.45, 2.75) is 38.1 Å². The zero-order chi connectivity index (χ0) is 18.4. The molecule has 0 saturated carbocycles. The third-order valence-corrected chi connectivity index (χ3v) is 3.77. The maximum absolute atomic E-state index is 14.8. The van der Waals surface area contributed by atoms with E-state index in [4.69, 9.17) is 4.74 Å². The quantitative estimate of drug-likeness (QED) is 0.676. The molecule has 25 heavy (non-hydrogen) atoms. The lowest BCUT2D eigenvalue weighted by Crippen LogP contribution is -2.41. The number of aliphatic hydroxyl groups is 1. The van der Waals surface area contributed by atoms with Crippen molar-refractivity contribution in [3.05, 3.63) is 83.7 Å². The minimum atomic E-state index is -3.56. The first-order chi connectivity index (χ1) is 11.8. The summed E-state index contributed by atoms with van der Waals surface area (Å²) in [5.74, 6) is -4.10. The monoisotopic (exact) mass is 350 g/mol. The van der Waals surface area contributed by atoms with Gasteiger partial charge in [-0.25, -0.2) is 13.2 Å². The highest BCUT2D eigenvalue weighted by Gasteiger charge is 2.48. The lowest BCUT2D eigenvalue weighted by atomic mass is 9.95. The number of hydrogen-bond donors (Lipinski definition) is 1. The number of benzene rings is 2. The molecule has 0 aliphatic heterocycles. The number of aliphatic hydroxyl groups excluding tert-OH is 1. The molecule has 0 unspecified atom stereocenters. The first kappa shape index (κ1) is 19.2. The summed E-state index contributed by atoms with van der Waals surface area (Å²) in [6, 6.07) is 13.5. The topological polar surface area (TPSA) is 29.5 Å². The first-order valence-corrected chi connectivity index (χ1v) is 7.92. The molecule has 0 aliphatic carbocycles. The van der Waals surface area contributed by atoms with Crippen LogP contribution in [0.15, 0.2) is 66.7 Å². The average molecular weight is 350 g/mol. The van der Waals surface area contributed by atoms with E-state index in [0.29, 0.717) is 5.57 Å². The standard InChI is InChI=1S/C20H21F3O2/c1-14(2)12-18(24)20(22,23)19(16-8-10-17(21)11-9-16)25-13-15-6-4-3-5-7-15/h3-11,18-19,24H,1,12-13H2,2H3/t18-,19-/m1/s1. The summed E-state index contributed by atoms with van der Waals surface area (Å²) in [5.41, 5.74) is 1.26. The SMILES string of the molecule is C=C(C)C[C@@H](O)C(F)(F)[C@H](OCc1ccccc1)c1ccc(F)cc1. The highest BCUT2D eigenvalue weighted by molar-refractivity contribution is 5.22. The number of ether oxygens (including phenoxy) is 1. The van der Waals surface area contributed by atoms with Crippen LogP contribution in [0.25, 0.3) is 0 Å². The molecule has 2 atom stereocenters. The van der Waals surface area contributed by atoms with E-state index in [0.717, 1.165) is 17.7 Å². The van der Waals surface area contributed by atoms with Crippen molar-refractivity contribution in [2.24, 2.45) is 0 Å². The molecule has 0 saturated heterocycles. The van der Waals surface area contributed by atoms with Crippen LogP contribution in [0.4, 0.5) is 13.2 Å². The number of rotatable bonds is 8. The van der Waals surface area contributed by atoms with E-state index in [-0.39, 0.29) is 18.6 Å². The van der Waals surface area contributed by atoms with Gasteiger partial charge in [-0.15, -0.1) is 6.58 Å². The maximum atomic E-state index is 14.8. The van der Waals surface area contributed by atoms with Gasteiger partial charge in [-0.1, -0.05) is 48.0 Å². The van der Waals surface area contributed by atoms with Crippen molar-refractivity contribution in [3.8, 4) is 0 Å². The highest BCUT2D eigenvalue weighted by atomic mass is 19.3. The maximum Gasteiger partial charge on any atom is 0.303 e. The third-order valence-electron chi connectivity index (χ3n) is 3.77. The van der Waals surface area contributed by atoms with Crippen LogP contribution >= 0.6 is 0 Å². The molecule has 2 rings (SSSR count). The number of alkyl halides is 2. The van der Waals surface area contributed by atoms with Gasteiger partial charge in [0.1, 0.15) is 18.0 Å². The molecule has 2 aromatic rings. The Balaban J connectivity index is 2.27. The molecular formula is C20H21F3O2. The molecule has 0 fully saturated rings. The van der Waals surface area contributed by atoms with Gasteiger partial charge in [-0.05, 0) is 36.6 Å². The van der Waals surface area contributed by atoms with Gasteiger partial charge in [0.25, 0.3) is 0 Å². The molecule has 134 valence electrons. The third kappa shape index (κ3) is 5.18. The largest absolute Gasteiger partial charge is 0.386 e. The second-order valence-electron chi connectivity index (χ2n) is 6.08. The summed E-state index contributed by atoms with van der Waals surface area (Å²) >= 11 is 0. The van der Waals surface area contributed by atoms with Crippen molar-refractivity contribution in [1.82, 2.24) is 0 Å². The Morgan fingerprint density at radius 2 is 1.72 bits per heavy atom. The molecule has 1 N–H and O–H groups in total. The fourth-order valence-electron chi connectivity index (χ4n) is 2.46.